The Balaban J connectivity index is 1.61. The SMILES string of the molecule is CN(C(=O)NCc1cccc(F)c1Cl)[C@@H](CCCN/C(=N/C(N)=O)NCCOP(=O)(O)O)COC(=O)Nc1cc2ccccc2cn1. The van der Waals surface area contributed by atoms with Gasteiger partial charge in [0.25, 0.3) is 0 Å². The number of carbonyl (C=O) groups is 3. The van der Waals surface area contributed by atoms with Crippen LogP contribution in [0.5, 0.6) is 0 Å². The third-order valence-electron chi connectivity index (χ3n) is 6.48. The van der Waals surface area contributed by atoms with Gasteiger partial charge in [0.05, 0.1) is 17.7 Å². The summed E-state index contributed by atoms with van der Waals surface area (Å²) in [7, 11) is -3.18. The van der Waals surface area contributed by atoms with Gasteiger partial charge in [-0.25, -0.2) is 28.3 Å². The lowest BCUT2D eigenvalue weighted by Gasteiger charge is -2.28. The van der Waals surface area contributed by atoms with Crippen molar-refractivity contribution in [1.82, 2.24) is 25.8 Å². The highest BCUT2D eigenvalue weighted by molar-refractivity contribution is 7.46. The first-order chi connectivity index (χ1) is 22.3. The van der Waals surface area contributed by atoms with E-state index in [2.05, 4.69) is 35.8 Å². The predicted octanol–water partition coefficient (Wildman–Crippen LogP) is 3.29. The maximum Gasteiger partial charge on any atom is 0.469 e. The number of aromatic nitrogens is 1. The molecule has 0 saturated carbocycles. The summed E-state index contributed by atoms with van der Waals surface area (Å²) in [6.45, 7) is -0.588. The number of nitrogens with two attached hydrogens (primary N) is 1. The number of anilines is 1. The Morgan fingerprint density at radius 2 is 1.83 bits per heavy atom. The zero-order chi connectivity index (χ0) is 34.4. The number of urea groups is 2. The van der Waals surface area contributed by atoms with Crippen molar-refractivity contribution in [2.45, 2.75) is 25.4 Å². The minimum absolute atomic E-state index is 0.0621. The number of phosphoric acid groups is 1. The van der Waals surface area contributed by atoms with Gasteiger partial charge in [0.2, 0.25) is 5.96 Å². The molecular formula is C28H35ClFN8O8P. The van der Waals surface area contributed by atoms with E-state index in [1.54, 1.807) is 18.3 Å². The summed E-state index contributed by atoms with van der Waals surface area (Å²) in [5.41, 5.74) is 5.50. The van der Waals surface area contributed by atoms with Crippen LogP contribution in [0, 0.1) is 5.82 Å². The second-order valence-electron chi connectivity index (χ2n) is 9.89. The van der Waals surface area contributed by atoms with E-state index in [-0.39, 0.29) is 56.1 Å². The number of nitrogens with zero attached hydrogens (tertiary/aromatic N) is 3. The van der Waals surface area contributed by atoms with Gasteiger partial charge in [0.15, 0.2) is 0 Å². The molecule has 0 fully saturated rings. The number of hydrogen-bond donors (Lipinski definition) is 7. The van der Waals surface area contributed by atoms with Crippen molar-refractivity contribution in [1.29, 1.82) is 0 Å². The van der Waals surface area contributed by atoms with Crippen molar-refractivity contribution >= 4 is 60.1 Å². The number of phosphoric ester groups is 1. The maximum atomic E-state index is 13.8. The fraction of sp³-hybridized carbons (Fsp3) is 0.321. The van der Waals surface area contributed by atoms with Crippen LogP contribution in [-0.4, -0.2) is 83.2 Å². The molecule has 2 aromatic carbocycles. The van der Waals surface area contributed by atoms with Gasteiger partial charge >= 0.3 is 26.0 Å². The zero-order valence-electron chi connectivity index (χ0n) is 25.2. The summed E-state index contributed by atoms with van der Waals surface area (Å²) in [4.78, 5) is 63.7. The van der Waals surface area contributed by atoms with Crippen LogP contribution < -0.4 is 27.0 Å². The molecule has 0 saturated heterocycles. The van der Waals surface area contributed by atoms with Crippen LogP contribution in [0.3, 0.4) is 0 Å². The Bertz CT molecular complexity index is 1630. The molecule has 8 N–H and O–H groups in total. The van der Waals surface area contributed by atoms with Crippen molar-refractivity contribution in [3.8, 4) is 0 Å². The number of fused-ring (bicyclic) bond motifs is 1. The highest BCUT2D eigenvalue weighted by Crippen LogP contribution is 2.35. The second-order valence-corrected chi connectivity index (χ2v) is 11.5. The van der Waals surface area contributed by atoms with E-state index in [4.69, 9.17) is 31.9 Å². The Morgan fingerprint density at radius 1 is 1.11 bits per heavy atom. The number of guanidine groups is 1. The monoisotopic (exact) mass is 696 g/mol. The number of primary amides is 1. The van der Waals surface area contributed by atoms with Crippen molar-refractivity contribution in [2.75, 3.05) is 38.7 Å². The molecule has 0 aliphatic heterocycles. The molecule has 1 heterocycles. The first-order valence-corrected chi connectivity index (χ1v) is 16.0. The Labute approximate surface area is 274 Å². The van der Waals surface area contributed by atoms with Gasteiger partial charge in [-0.2, -0.15) is 4.99 Å². The second kappa shape index (κ2) is 18.0. The Kier molecular flexibility index (Phi) is 14.1. The van der Waals surface area contributed by atoms with Crippen molar-refractivity contribution in [3.05, 3.63) is 71.1 Å². The van der Waals surface area contributed by atoms with Crippen LogP contribution in [0.25, 0.3) is 10.8 Å². The summed E-state index contributed by atoms with van der Waals surface area (Å²) in [5, 5.41) is 12.3. The third kappa shape index (κ3) is 13.0. The smallest absolute Gasteiger partial charge is 0.447 e. The molecule has 0 aliphatic carbocycles. The molecule has 0 unspecified atom stereocenters. The number of pyridine rings is 1. The number of nitrogens with one attached hydrogen (secondary N) is 4. The Morgan fingerprint density at radius 3 is 2.55 bits per heavy atom. The van der Waals surface area contributed by atoms with Gasteiger partial charge in [0.1, 0.15) is 18.2 Å². The lowest BCUT2D eigenvalue weighted by atomic mass is 10.1. The Hall–Kier alpha value is -4.54. The molecule has 0 aliphatic rings. The summed E-state index contributed by atoms with van der Waals surface area (Å²) >= 11 is 6.00. The molecule has 1 aromatic heterocycles. The largest absolute Gasteiger partial charge is 0.469 e. The fourth-order valence-electron chi connectivity index (χ4n) is 4.13. The van der Waals surface area contributed by atoms with Gasteiger partial charge in [-0.15, -0.1) is 0 Å². The first kappa shape index (κ1) is 36.9. The molecular weight excluding hydrogens is 662 g/mol. The highest BCUT2D eigenvalue weighted by Gasteiger charge is 2.22. The number of halogens is 2. The lowest BCUT2D eigenvalue weighted by molar-refractivity contribution is 0.113. The molecule has 0 spiro atoms. The van der Waals surface area contributed by atoms with E-state index in [1.807, 2.05) is 24.3 Å². The molecule has 254 valence electrons. The molecule has 5 amide bonds. The number of rotatable bonds is 14. The van der Waals surface area contributed by atoms with E-state index in [0.29, 0.717) is 12.0 Å². The quantitative estimate of drug-likeness (QED) is 0.0560. The normalized spacial score (nSPS) is 12.2. The van der Waals surface area contributed by atoms with Crippen molar-refractivity contribution < 1.29 is 42.4 Å². The number of carbonyl (C=O) groups excluding carboxylic acids is 3. The van der Waals surface area contributed by atoms with E-state index in [0.717, 1.165) is 10.8 Å². The van der Waals surface area contributed by atoms with Gasteiger partial charge in [0, 0.05) is 38.3 Å². The summed E-state index contributed by atoms with van der Waals surface area (Å²) in [6.07, 6.45) is 1.45. The van der Waals surface area contributed by atoms with Crippen LogP contribution in [0.4, 0.5) is 24.6 Å². The van der Waals surface area contributed by atoms with E-state index in [1.165, 1.54) is 24.1 Å². The topological polar surface area (TPSA) is 230 Å². The molecule has 19 heteroatoms. The van der Waals surface area contributed by atoms with E-state index < -0.39 is 37.8 Å². The standard InChI is InChI=1S/C28H35ClFN8O8P/c1-38(27(40)35-16-20-8-4-10-22(30)24(20)29)21(9-5-11-32-26(37-25(31)39)33-12-13-46-47(42,43)44)17-45-28(41)36-23-14-18-6-2-3-7-19(18)15-34-23/h2-4,6-8,10,14-15,21H,5,9,11-13,16-17H2,1H3,(H,35,40)(H,34,36,41)(H2,42,43,44)(H4,31,32,33,37,39)/t21-/m0/s1. The summed E-state index contributed by atoms with van der Waals surface area (Å²) in [6, 6.07) is 11.2. The lowest BCUT2D eigenvalue weighted by Crippen LogP contribution is -2.46. The molecule has 3 aromatic rings. The summed E-state index contributed by atoms with van der Waals surface area (Å²) in [5.74, 6) is -0.423. The zero-order valence-corrected chi connectivity index (χ0v) is 26.8. The molecule has 47 heavy (non-hydrogen) atoms. The van der Waals surface area contributed by atoms with Crippen LogP contribution in [0.2, 0.25) is 5.02 Å². The van der Waals surface area contributed by atoms with Gasteiger partial charge in [-0.1, -0.05) is 48.0 Å². The third-order valence-corrected chi connectivity index (χ3v) is 7.42. The minimum Gasteiger partial charge on any atom is -0.447 e. The number of ether oxygens (including phenoxy) is 1. The maximum absolute atomic E-state index is 13.8. The van der Waals surface area contributed by atoms with Crippen LogP contribution in [0.15, 0.2) is 59.7 Å². The van der Waals surface area contributed by atoms with Crippen molar-refractivity contribution in [2.24, 2.45) is 10.7 Å². The average Bonchev–Trinajstić information content (AvgIpc) is 3.02. The van der Waals surface area contributed by atoms with Gasteiger partial charge in [-0.3, -0.25) is 9.84 Å². The molecule has 16 nitrogen and oxygen atoms in total. The van der Waals surface area contributed by atoms with Crippen LogP contribution in [-0.2, 0) is 20.4 Å². The van der Waals surface area contributed by atoms with Gasteiger partial charge < -0.3 is 41.1 Å². The van der Waals surface area contributed by atoms with E-state index >= 15 is 0 Å². The predicted molar refractivity (Wildman–Crippen MR) is 172 cm³/mol. The van der Waals surface area contributed by atoms with Crippen molar-refractivity contribution in [3.63, 3.8) is 0 Å². The van der Waals surface area contributed by atoms with Crippen LogP contribution in [0.1, 0.15) is 18.4 Å². The van der Waals surface area contributed by atoms with Crippen LogP contribution >= 0.6 is 19.4 Å². The van der Waals surface area contributed by atoms with Gasteiger partial charge in [-0.05, 0) is 35.9 Å². The fourth-order valence-corrected chi connectivity index (χ4v) is 4.65. The number of hydrogen-bond acceptors (Lipinski definition) is 7. The minimum atomic E-state index is -4.68. The number of aliphatic imine (C=N–C) groups is 1. The molecule has 0 bridgehead atoms. The number of likely N-dealkylation sites (N-methyl/N-ethyl adjacent to an activating group) is 1. The molecule has 3 rings (SSSR count). The first-order valence-electron chi connectivity index (χ1n) is 14.1. The number of amides is 5. The average molecular weight is 697 g/mol. The highest BCUT2D eigenvalue weighted by atomic mass is 35.5. The summed E-state index contributed by atoms with van der Waals surface area (Å²) < 4.78 is 34.5. The molecule has 1 atom stereocenters. The van der Waals surface area contributed by atoms with E-state index in [9.17, 15) is 23.3 Å². The number of benzene rings is 2. The molecule has 0 radical (unpaired) electrons.